The van der Waals surface area contributed by atoms with Gasteiger partial charge in [-0.1, -0.05) is 11.6 Å². The Hall–Kier alpha value is -0.340. The molecule has 0 saturated carbocycles. The molecule has 0 amide bonds. The van der Waals surface area contributed by atoms with Gasteiger partial charge < -0.3 is 10.2 Å². The quantitative estimate of drug-likeness (QED) is 0.438. The van der Waals surface area contributed by atoms with Crippen LogP contribution in [0.4, 0.5) is 0 Å². The van der Waals surface area contributed by atoms with Crippen molar-refractivity contribution in [2.24, 2.45) is 5.92 Å². The van der Waals surface area contributed by atoms with Gasteiger partial charge in [-0.2, -0.15) is 0 Å². The highest BCUT2D eigenvalue weighted by Crippen LogP contribution is 2.32. The zero-order chi connectivity index (χ0) is 7.40. The van der Waals surface area contributed by atoms with Crippen molar-refractivity contribution in [2.45, 2.75) is 19.3 Å². The second kappa shape index (κ2) is 3.74. The molecule has 0 aromatic rings. The van der Waals surface area contributed by atoms with Gasteiger partial charge in [-0.25, -0.2) is 0 Å². The lowest BCUT2D eigenvalue weighted by molar-refractivity contribution is 0.277. The van der Waals surface area contributed by atoms with Crippen molar-refractivity contribution >= 4 is 0 Å². The van der Waals surface area contributed by atoms with Crippen molar-refractivity contribution < 1.29 is 10.2 Å². The highest BCUT2D eigenvalue weighted by molar-refractivity contribution is 5.28. The van der Waals surface area contributed by atoms with E-state index in [1.165, 1.54) is 5.57 Å². The number of aliphatic hydroxyl groups is 2. The molecular weight excluding hydrogens is 128 g/mol. The van der Waals surface area contributed by atoms with Crippen molar-refractivity contribution in [2.75, 3.05) is 13.2 Å². The summed E-state index contributed by atoms with van der Waals surface area (Å²) < 4.78 is 0. The number of hydrogen-bond acceptors (Lipinski definition) is 2. The predicted molar refractivity (Wildman–Crippen MR) is 39.6 cm³/mol. The average Bonchev–Trinajstić information content (AvgIpc) is 2.68. The van der Waals surface area contributed by atoms with Gasteiger partial charge in [0.05, 0.1) is 6.61 Å². The van der Waals surface area contributed by atoms with Crippen LogP contribution in [0.15, 0.2) is 11.6 Å². The average molecular weight is 142 g/mol. The Morgan fingerprint density at radius 1 is 1.30 bits per heavy atom. The van der Waals surface area contributed by atoms with E-state index >= 15 is 0 Å². The summed E-state index contributed by atoms with van der Waals surface area (Å²) in [5.41, 5.74) is 1.37. The van der Waals surface area contributed by atoms with Gasteiger partial charge in [0.25, 0.3) is 0 Å². The van der Waals surface area contributed by atoms with Gasteiger partial charge in [0.2, 0.25) is 0 Å². The summed E-state index contributed by atoms with van der Waals surface area (Å²) >= 11 is 0. The third-order valence-corrected chi connectivity index (χ3v) is 1.85. The van der Waals surface area contributed by atoms with Crippen LogP contribution in [0, 0.1) is 5.92 Å². The number of aliphatic hydroxyl groups excluding tert-OH is 2. The summed E-state index contributed by atoms with van der Waals surface area (Å²) in [4.78, 5) is 0. The van der Waals surface area contributed by atoms with Crippen LogP contribution < -0.4 is 0 Å². The molecule has 1 atom stereocenters. The summed E-state index contributed by atoms with van der Waals surface area (Å²) in [5, 5.41) is 17.1. The zero-order valence-electron chi connectivity index (χ0n) is 6.08. The maximum Gasteiger partial charge on any atom is 0.0531 e. The van der Waals surface area contributed by atoms with E-state index in [9.17, 15) is 0 Å². The van der Waals surface area contributed by atoms with E-state index in [4.69, 9.17) is 10.2 Å². The van der Waals surface area contributed by atoms with E-state index in [2.05, 4.69) is 6.08 Å². The first-order valence-corrected chi connectivity index (χ1v) is 3.80. The maximum absolute atomic E-state index is 8.63. The van der Waals surface area contributed by atoms with E-state index in [1.807, 2.05) is 0 Å². The van der Waals surface area contributed by atoms with Gasteiger partial charge >= 0.3 is 0 Å². The van der Waals surface area contributed by atoms with E-state index in [0.717, 1.165) is 19.3 Å². The van der Waals surface area contributed by atoms with Crippen molar-refractivity contribution in [1.82, 2.24) is 0 Å². The van der Waals surface area contributed by atoms with Gasteiger partial charge in [0.15, 0.2) is 0 Å². The molecule has 2 nitrogen and oxygen atoms in total. The molecule has 1 unspecified atom stereocenters. The molecule has 0 heterocycles. The highest BCUT2D eigenvalue weighted by atomic mass is 16.3. The van der Waals surface area contributed by atoms with Crippen molar-refractivity contribution in [3.8, 4) is 0 Å². The summed E-state index contributed by atoms with van der Waals surface area (Å²) in [7, 11) is 0. The molecule has 0 radical (unpaired) electrons. The van der Waals surface area contributed by atoms with Crippen LogP contribution >= 0.6 is 0 Å². The van der Waals surface area contributed by atoms with Gasteiger partial charge in [-0.15, -0.1) is 0 Å². The van der Waals surface area contributed by atoms with Crippen molar-refractivity contribution in [1.29, 1.82) is 0 Å². The molecule has 1 rings (SSSR count). The molecule has 0 aromatic heterocycles. The van der Waals surface area contributed by atoms with Crippen LogP contribution in [-0.2, 0) is 0 Å². The Labute approximate surface area is 61.2 Å². The lowest BCUT2D eigenvalue weighted by Gasteiger charge is -1.94. The Morgan fingerprint density at radius 2 is 2.10 bits per heavy atom. The molecule has 0 bridgehead atoms. The Morgan fingerprint density at radius 3 is 2.60 bits per heavy atom. The number of unbranched alkanes of at least 4 members (excludes halogenated alkanes) is 1. The summed E-state index contributed by atoms with van der Waals surface area (Å²) in [6.07, 6.45) is 5.09. The smallest absolute Gasteiger partial charge is 0.0531 e. The van der Waals surface area contributed by atoms with Crippen molar-refractivity contribution in [3.05, 3.63) is 11.6 Å². The number of hydrogen-bond donors (Lipinski definition) is 2. The predicted octanol–water partition coefficient (Wildman–Crippen LogP) is 0.698. The minimum atomic E-state index is 0.272. The lowest BCUT2D eigenvalue weighted by Crippen LogP contribution is -1.89. The molecule has 0 saturated heterocycles. The monoisotopic (exact) mass is 142 g/mol. The molecular formula is C8H14O2. The third kappa shape index (κ3) is 2.12. The van der Waals surface area contributed by atoms with Gasteiger partial charge in [0.1, 0.15) is 0 Å². The standard InChI is InChI=1S/C8H14O2/c9-4-2-1-3-7-5-8(7)6-10/h5,8-10H,1-4,6H2. The molecule has 1 aliphatic carbocycles. The van der Waals surface area contributed by atoms with E-state index in [1.54, 1.807) is 0 Å². The largest absolute Gasteiger partial charge is 0.396 e. The maximum atomic E-state index is 8.63. The van der Waals surface area contributed by atoms with Crippen LogP contribution in [0.5, 0.6) is 0 Å². The van der Waals surface area contributed by atoms with Gasteiger partial charge in [-0.3, -0.25) is 0 Å². The normalized spacial score (nSPS) is 22.6. The van der Waals surface area contributed by atoms with E-state index in [0.29, 0.717) is 5.92 Å². The fourth-order valence-corrected chi connectivity index (χ4v) is 1.09. The van der Waals surface area contributed by atoms with Crippen LogP contribution in [0.3, 0.4) is 0 Å². The minimum absolute atomic E-state index is 0.272. The highest BCUT2D eigenvalue weighted by Gasteiger charge is 2.21. The fourth-order valence-electron chi connectivity index (χ4n) is 1.09. The lowest BCUT2D eigenvalue weighted by atomic mass is 10.1. The van der Waals surface area contributed by atoms with Crippen LogP contribution in [0.1, 0.15) is 19.3 Å². The van der Waals surface area contributed by atoms with Crippen molar-refractivity contribution in [3.63, 3.8) is 0 Å². The van der Waals surface area contributed by atoms with Gasteiger partial charge in [-0.05, 0) is 19.3 Å². The first-order valence-electron chi connectivity index (χ1n) is 3.80. The Balaban J connectivity index is 1.91. The molecule has 2 heteroatoms. The Kier molecular flexibility index (Phi) is 2.90. The summed E-state index contributed by atoms with van der Waals surface area (Å²) in [6.45, 7) is 0.561. The van der Waals surface area contributed by atoms with Crippen LogP contribution in [0.25, 0.3) is 0 Å². The molecule has 0 spiro atoms. The van der Waals surface area contributed by atoms with Crippen LogP contribution in [-0.4, -0.2) is 23.4 Å². The third-order valence-electron chi connectivity index (χ3n) is 1.85. The molecule has 2 N–H and O–H groups in total. The first kappa shape index (κ1) is 7.76. The summed E-state index contributed by atoms with van der Waals surface area (Å²) in [5.74, 6) is 0.388. The molecule has 58 valence electrons. The topological polar surface area (TPSA) is 40.5 Å². The second-order valence-corrected chi connectivity index (χ2v) is 2.71. The molecule has 1 aliphatic rings. The zero-order valence-corrected chi connectivity index (χ0v) is 6.08. The molecule has 0 aliphatic heterocycles. The SMILES string of the molecule is OCCCCC1=CC1CO. The molecule has 0 fully saturated rings. The van der Waals surface area contributed by atoms with Crippen LogP contribution in [0.2, 0.25) is 0 Å². The van der Waals surface area contributed by atoms with E-state index < -0.39 is 0 Å². The minimum Gasteiger partial charge on any atom is -0.396 e. The number of rotatable bonds is 5. The second-order valence-electron chi connectivity index (χ2n) is 2.71. The van der Waals surface area contributed by atoms with Gasteiger partial charge in [0, 0.05) is 12.5 Å². The fraction of sp³-hybridized carbons (Fsp3) is 0.750. The Bertz CT molecular complexity index is 129. The summed E-state index contributed by atoms with van der Waals surface area (Å²) in [6, 6.07) is 0. The van der Waals surface area contributed by atoms with E-state index in [-0.39, 0.29) is 13.2 Å². The molecule has 10 heavy (non-hydrogen) atoms. The molecule has 0 aromatic carbocycles. The first-order chi connectivity index (χ1) is 4.88.